The molecule has 4 aromatic rings. The number of carbonyl (C=O) groups excluding carboxylic acids is 1. The number of aromatic nitrogens is 3. The first-order valence-electron chi connectivity index (χ1n) is 8.52. The van der Waals surface area contributed by atoms with Crippen molar-refractivity contribution in [1.82, 2.24) is 19.9 Å². The van der Waals surface area contributed by atoms with Crippen LogP contribution in [0.1, 0.15) is 6.92 Å². The molecule has 6 heteroatoms. The van der Waals surface area contributed by atoms with Crippen molar-refractivity contribution in [2.24, 2.45) is 7.05 Å². The minimum Gasteiger partial charge on any atom is -0.492 e. The minimum absolute atomic E-state index is 0.0539. The summed E-state index contributed by atoms with van der Waals surface area (Å²) in [5.41, 5.74) is 4.13. The lowest BCUT2D eigenvalue weighted by Crippen LogP contribution is -2.25. The fraction of sp³-hybridized carbons (Fsp3) is 0.200. The van der Waals surface area contributed by atoms with Crippen LogP contribution in [-0.4, -0.2) is 33.6 Å². The highest BCUT2D eigenvalue weighted by Gasteiger charge is 2.12. The van der Waals surface area contributed by atoms with Gasteiger partial charge in [0, 0.05) is 53.9 Å². The summed E-state index contributed by atoms with van der Waals surface area (Å²) in [6.07, 6.45) is 3.89. The second-order valence-electron chi connectivity index (χ2n) is 6.29. The van der Waals surface area contributed by atoms with Crippen molar-refractivity contribution in [3.05, 3.63) is 48.8 Å². The van der Waals surface area contributed by atoms with Gasteiger partial charge in [0.15, 0.2) is 0 Å². The summed E-state index contributed by atoms with van der Waals surface area (Å²) in [7, 11) is 2.03. The standard InChI is InChI=1S/C20H20N4O2/c1-13(25)21-8-9-26-15-5-6-19-16(11-15)17(12-24(19)2)18-10-14-4-3-7-22-20(14)23-18/h3-7,10-12H,8-9H2,1-2H3,(H,21,25)(H,22,23). The van der Waals surface area contributed by atoms with Crippen LogP contribution in [0.4, 0.5) is 0 Å². The molecule has 6 nitrogen and oxygen atoms in total. The highest BCUT2D eigenvalue weighted by molar-refractivity contribution is 5.98. The first-order chi connectivity index (χ1) is 12.6. The fourth-order valence-electron chi connectivity index (χ4n) is 3.17. The van der Waals surface area contributed by atoms with Gasteiger partial charge in [-0.25, -0.2) is 4.98 Å². The van der Waals surface area contributed by atoms with E-state index in [9.17, 15) is 4.79 Å². The molecule has 3 heterocycles. The van der Waals surface area contributed by atoms with E-state index in [1.807, 2.05) is 37.4 Å². The normalized spacial score (nSPS) is 11.2. The molecule has 132 valence electrons. The number of amides is 1. The van der Waals surface area contributed by atoms with E-state index in [-0.39, 0.29) is 5.91 Å². The molecule has 0 saturated heterocycles. The molecule has 26 heavy (non-hydrogen) atoms. The van der Waals surface area contributed by atoms with Crippen LogP contribution < -0.4 is 10.1 Å². The van der Waals surface area contributed by atoms with Crippen molar-refractivity contribution in [2.45, 2.75) is 6.92 Å². The number of fused-ring (bicyclic) bond motifs is 2. The predicted octanol–water partition coefficient (Wildman–Crippen LogP) is 3.24. The molecule has 0 aliphatic rings. The quantitative estimate of drug-likeness (QED) is 0.544. The number of pyridine rings is 1. The van der Waals surface area contributed by atoms with Crippen molar-refractivity contribution >= 4 is 27.8 Å². The first-order valence-corrected chi connectivity index (χ1v) is 8.52. The van der Waals surface area contributed by atoms with Gasteiger partial charge in [-0.05, 0) is 36.4 Å². The Morgan fingerprint density at radius 2 is 2.19 bits per heavy atom. The number of rotatable bonds is 5. The summed E-state index contributed by atoms with van der Waals surface area (Å²) < 4.78 is 7.88. The molecule has 2 N–H and O–H groups in total. The van der Waals surface area contributed by atoms with Gasteiger partial charge in [-0.3, -0.25) is 4.79 Å². The van der Waals surface area contributed by atoms with Crippen LogP contribution >= 0.6 is 0 Å². The lowest BCUT2D eigenvalue weighted by molar-refractivity contribution is -0.119. The molecule has 0 aliphatic carbocycles. The molecule has 0 aliphatic heterocycles. The van der Waals surface area contributed by atoms with Crippen LogP contribution in [-0.2, 0) is 11.8 Å². The van der Waals surface area contributed by atoms with Gasteiger partial charge < -0.3 is 19.6 Å². The Balaban J connectivity index is 1.68. The number of aromatic amines is 1. The summed E-state index contributed by atoms with van der Waals surface area (Å²) in [4.78, 5) is 18.7. The fourth-order valence-corrected chi connectivity index (χ4v) is 3.17. The number of benzene rings is 1. The number of nitrogens with zero attached hydrogens (tertiary/aromatic N) is 2. The van der Waals surface area contributed by atoms with Gasteiger partial charge in [-0.2, -0.15) is 0 Å². The Kier molecular flexibility index (Phi) is 4.08. The number of H-pyrrole nitrogens is 1. The molecule has 0 bridgehead atoms. The smallest absolute Gasteiger partial charge is 0.216 e. The highest BCUT2D eigenvalue weighted by atomic mass is 16.5. The van der Waals surface area contributed by atoms with Gasteiger partial charge in [0.25, 0.3) is 0 Å². The van der Waals surface area contributed by atoms with Crippen LogP contribution in [0.2, 0.25) is 0 Å². The van der Waals surface area contributed by atoms with Crippen LogP contribution in [0.3, 0.4) is 0 Å². The van der Waals surface area contributed by atoms with Crippen molar-refractivity contribution < 1.29 is 9.53 Å². The molecule has 1 amide bonds. The van der Waals surface area contributed by atoms with Crippen molar-refractivity contribution in [3.63, 3.8) is 0 Å². The molecule has 0 atom stereocenters. The number of hydrogen-bond donors (Lipinski definition) is 2. The molecule has 0 saturated carbocycles. The third-order valence-corrected chi connectivity index (χ3v) is 4.39. The van der Waals surface area contributed by atoms with Gasteiger partial charge >= 0.3 is 0 Å². The second kappa shape index (κ2) is 6.55. The van der Waals surface area contributed by atoms with Crippen molar-refractivity contribution in [1.29, 1.82) is 0 Å². The third-order valence-electron chi connectivity index (χ3n) is 4.39. The minimum atomic E-state index is -0.0539. The molecular weight excluding hydrogens is 328 g/mol. The average molecular weight is 348 g/mol. The maximum Gasteiger partial charge on any atom is 0.216 e. The maximum atomic E-state index is 10.9. The molecule has 0 spiro atoms. The lowest BCUT2D eigenvalue weighted by atomic mass is 10.1. The SMILES string of the molecule is CC(=O)NCCOc1ccc2c(c1)c(-c1cc3cccnc3[nH]1)cn2C. The Bertz CT molecular complexity index is 1060. The zero-order chi connectivity index (χ0) is 18.1. The average Bonchev–Trinajstić information content (AvgIpc) is 3.19. The van der Waals surface area contributed by atoms with E-state index in [4.69, 9.17) is 4.74 Å². The zero-order valence-electron chi connectivity index (χ0n) is 14.7. The van der Waals surface area contributed by atoms with E-state index in [1.54, 1.807) is 6.20 Å². The van der Waals surface area contributed by atoms with E-state index in [2.05, 4.69) is 32.1 Å². The van der Waals surface area contributed by atoms with Crippen LogP contribution in [0, 0.1) is 0 Å². The van der Waals surface area contributed by atoms with Crippen molar-refractivity contribution in [2.75, 3.05) is 13.2 Å². The van der Waals surface area contributed by atoms with E-state index >= 15 is 0 Å². The van der Waals surface area contributed by atoms with Gasteiger partial charge in [0.2, 0.25) is 5.91 Å². The molecule has 0 unspecified atom stereocenters. The molecule has 4 rings (SSSR count). The first kappa shape index (κ1) is 16.2. The summed E-state index contributed by atoms with van der Waals surface area (Å²) in [5.74, 6) is 0.728. The Hall–Kier alpha value is -3.28. The summed E-state index contributed by atoms with van der Waals surface area (Å²) in [5, 5.41) is 4.92. The Morgan fingerprint density at radius 1 is 1.31 bits per heavy atom. The van der Waals surface area contributed by atoms with Crippen LogP contribution in [0.15, 0.2) is 48.8 Å². The van der Waals surface area contributed by atoms with Gasteiger partial charge in [-0.1, -0.05) is 0 Å². The maximum absolute atomic E-state index is 10.9. The summed E-state index contributed by atoms with van der Waals surface area (Å²) in [6.45, 7) is 2.42. The molecule has 0 radical (unpaired) electrons. The topological polar surface area (TPSA) is 71.9 Å². The van der Waals surface area contributed by atoms with E-state index in [0.717, 1.165) is 38.9 Å². The molecule has 3 aromatic heterocycles. The summed E-state index contributed by atoms with van der Waals surface area (Å²) in [6, 6.07) is 12.1. The van der Waals surface area contributed by atoms with Gasteiger partial charge in [-0.15, -0.1) is 0 Å². The number of hydrogen-bond acceptors (Lipinski definition) is 3. The zero-order valence-corrected chi connectivity index (χ0v) is 14.7. The highest BCUT2D eigenvalue weighted by Crippen LogP contribution is 2.33. The van der Waals surface area contributed by atoms with Gasteiger partial charge in [0.05, 0.1) is 6.54 Å². The third kappa shape index (κ3) is 3.01. The summed E-state index contributed by atoms with van der Waals surface area (Å²) >= 11 is 0. The van der Waals surface area contributed by atoms with Gasteiger partial charge in [0.1, 0.15) is 18.0 Å². The van der Waals surface area contributed by atoms with Crippen LogP contribution in [0.5, 0.6) is 5.75 Å². The van der Waals surface area contributed by atoms with E-state index in [0.29, 0.717) is 13.2 Å². The predicted molar refractivity (Wildman–Crippen MR) is 102 cm³/mol. The Morgan fingerprint density at radius 3 is 3.00 bits per heavy atom. The number of aryl methyl sites for hydroxylation is 1. The largest absolute Gasteiger partial charge is 0.492 e. The van der Waals surface area contributed by atoms with E-state index < -0.39 is 0 Å². The lowest BCUT2D eigenvalue weighted by Gasteiger charge is -2.07. The molecule has 1 aromatic carbocycles. The Labute approximate surface area is 150 Å². The monoisotopic (exact) mass is 348 g/mol. The molecule has 0 fully saturated rings. The number of nitrogens with one attached hydrogen (secondary N) is 2. The molecular formula is C20H20N4O2. The van der Waals surface area contributed by atoms with Crippen LogP contribution in [0.25, 0.3) is 33.2 Å². The second-order valence-corrected chi connectivity index (χ2v) is 6.29. The van der Waals surface area contributed by atoms with Crippen molar-refractivity contribution in [3.8, 4) is 17.0 Å². The number of ether oxygens (including phenoxy) is 1. The number of carbonyl (C=O) groups is 1. The van der Waals surface area contributed by atoms with E-state index in [1.165, 1.54) is 6.92 Å².